The third-order valence-electron chi connectivity index (χ3n) is 3.15. The highest BCUT2D eigenvalue weighted by atomic mass is 35.5. The first-order chi connectivity index (χ1) is 9.13. The van der Waals surface area contributed by atoms with Crippen LogP contribution in [0.4, 0.5) is 5.13 Å². The Hall–Kier alpha value is -1.39. The molecular formula is C14H13ClN2OS. The van der Waals surface area contributed by atoms with Gasteiger partial charge in [0.1, 0.15) is 0 Å². The van der Waals surface area contributed by atoms with E-state index in [9.17, 15) is 4.79 Å². The highest BCUT2D eigenvalue weighted by molar-refractivity contribution is 7.14. The van der Waals surface area contributed by atoms with Gasteiger partial charge in [0.05, 0.1) is 11.1 Å². The summed E-state index contributed by atoms with van der Waals surface area (Å²) in [6.45, 7) is 2.61. The van der Waals surface area contributed by atoms with E-state index < -0.39 is 0 Å². The second kappa shape index (κ2) is 4.94. The van der Waals surface area contributed by atoms with E-state index in [2.05, 4.69) is 24.0 Å². The number of thiazole rings is 1. The fraction of sp³-hybridized carbons (Fsp3) is 0.286. The average Bonchev–Trinajstić information content (AvgIpc) is 2.97. The molecule has 2 heterocycles. The molecular weight excluding hydrogens is 280 g/mol. The lowest BCUT2D eigenvalue weighted by Gasteiger charge is -2.10. The van der Waals surface area contributed by atoms with Gasteiger partial charge in [-0.1, -0.05) is 29.8 Å². The van der Waals surface area contributed by atoms with Gasteiger partial charge in [0.15, 0.2) is 5.13 Å². The number of rotatable bonds is 2. The average molecular weight is 293 g/mol. The Morgan fingerprint density at radius 2 is 2.11 bits per heavy atom. The largest absolute Gasteiger partial charge is 0.287 e. The van der Waals surface area contributed by atoms with Crippen LogP contribution in [0.2, 0.25) is 0 Å². The monoisotopic (exact) mass is 292 g/mol. The zero-order chi connectivity index (χ0) is 13.4. The number of benzene rings is 1. The van der Waals surface area contributed by atoms with Gasteiger partial charge in [0.25, 0.3) is 0 Å². The molecule has 0 aliphatic carbocycles. The lowest BCUT2D eigenvalue weighted by molar-refractivity contribution is -0.117. The third-order valence-corrected chi connectivity index (χ3v) is 4.30. The van der Waals surface area contributed by atoms with Crippen LogP contribution >= 0.6 is 22.9 Å². The number of hydrogen-bond acceptors (Lipinski definition) is 3. The highest BCUT2D eigenvalue weighted by Crippen LogP contribution is 2.31. The van der Waals surface area contributed by atoms with Crippen LogP contribution in [0.15, 0.2) is 29.6 Å². The number of halogens is 1. The number of nitrogens with zero attached hydrogens (tertiary/aromatic N) is 2. The summed E-state index contributed by atoms with van der Waals surface area (Å²) in [6.07, 6.45) is 0.404. The summed E-state index contributed by atoms with van der Waals surface area (Å²) in [5.74, 6) is 0.0600. The quantitative estimate of drug-likeness (QED) is 0.794. The molecule has 1 unspecified atom stereocenters. The van der Waals surface area contributed by atoms with Gasteiger partial charge in [-0.3, -0.25) is 9.69 Å². The Morgan fingerprint density at radius 1 is 1.37 bits per heavy atom. The van der Waals surface area contributed by atoms with Gasteiger partial charge in [-0.05, 0) is 6.92 Å². The number of carbonyl (C=O) groups excluding carboxylic acids is 1. The smallest absolute Gasteiger partial charge is 0.230 e. The van der Waals surface area contributed by atoms with Gasteiger partial charge in [0, 0.05) is 23.9 Å². The summed E-state index contributed by atoms with van der Waals surface area (Å²) in [7, 11) is 0. The second-order valence-corrected chi connectivity index (χ2v) is 6.14. The standard InChI is InChI=1S/C14H13ClN2OS/c1-9-2-4-10(5-3-9)12-8-19-14(16-12)17-7-11(15)6-13(17)18/h2-5,8,11H,6-7H2,1H3. The Labute approximate surface area is 120 Å². The van der Waals surface area contributed by atoms with Gasteiger partial charge < -0.3 is 0 Å². The predicted octanol–water partition coefficient (Wildman–Crippen LogP) is 3.46. The van der Waals surface area contributed by atoms with Gasteiger partial charge >= 0.3 is 0 Å². The van der Waals surface area contributed by atoms with Crippen LogP contribution in [-0.2, 0) is 4.79 Å². The van der Waals surface area contributed by atoms with Crippen LogP contribution in [0.1, 0.15) is 12.0 Å². The lowest BCUT2D eigenvalue weighted by Crippen LogP contribution is -2.24. The lowest BCUT2D eigenvalue weighted by atomic mass is 10.1. The van der Waals surface area contributed by atoms with Crippen LogP contribution in [-0.4, -0.2) is 22.8 Å². The van der Waals surface area contributed by atoms with Crippen molar-refractivity contribution < 1.29 is 4.79 Å². The fourth-order valence-corrected chi connectivity index (χ4v) is 3.22. The maximum Gasteiger partial charge on any atom is 0.230 e. The third kappa shape index (κ3) is 2.51. The normalized spacial score (nSPS) is 19.2. The van der Waals surface area contributed by atoms with E-state index in [0.29, 0.717) is 13.0 Å². The van der Waals surface area contributed by atoms with Crippen LogP contribution in [0, 0.1) is 6.92 Å². The van der Waals surface area contributed by atoms with E-state index in [4.69, 9.17) is 11.6 Å². The van der Waals surface area contributed by atoms with Gasteiger partial charge in [-0.15, -0.1) is 22.9 Å². The molecule has 1 aliphatic heterocycles. The zero-order valence-corrected chi connectivity index (χ0v) is 12.0. The molecule has 1 amide bonds. The van der Waals surface area contributed by atoms with Crippen molar-refractivity contribution in [3.8, 4) is 11.3 Å². The SMILES string of the molecule is Cc1ccc(-c2csc(N3CC(Cl)CC3=O)n2)cc1. The van der Waals surface area contributed by atoms with Crippen molar-refractivity contribution in [2.24, 2.45) is 0 Å². The molecule has 0 N–H and O–H groups in total. The predicted molar refractivity (Wildman–Crippen MR) is 78.9 cm³/mol. The fourth-order valence-electron chi connectivity index (χ4n) is 2.09. The van der Waals surface area contributed by atoms with E-state index in [-0.39, 0.29) is 11.3 Å². The van der Waals surface area contributed by atoms with Crippen LogP contribution in [0.5, 0.6) is 0 Å². The molecule has 0 spiro atoms. The Bertz CT molecular complexity index is 608. The molecule has 0 radical (unpaired) electrons. The van der Waals surface area contributed by atoms with Crippen LogP contribution in [0.25, 0.3) is 11.3 Å². The number of amides is 1. The van der Waals surface area contributed by atoms with Crippen molar-refractivity contribution in [2.75, 3.05) is 11.4 Å². The van der Waals surface area contributed by atoms with Crippen LogP contribution < -0.4 is 4.90 Å². The summed E-state index contributed by atoms with van der Waals surface area (Å²) in [5.41, 5.74) is 3.20. The molecule has 98 valence electrons. The molecule has 19 heavy (non-hydrogen) atoms. The molecule has 0 saturated carbocycles. The van der Waals surface area contributed by atoms with Crippen molar-refractivity contribution in [2.45, 2.75) is 18.7 Å². The Balaban J connectivity index is 1.87. The van der Waals surface area contributed by atoms with Crippen molar-refractivity contribution in [3.63, 3.8) is 0 Å². The highest BCUT2D eigenvalue weighted by Gasteiger charge is 2.30. The summed E-state index contributed by atoms with van der Waals surface area (Å²) >= 11 is 7.49. The molecule has 0 bridgehead atoms. The van der Waals surface area contributed by atoms with E-state index in [1.807, 2.05) is 17.5 Å². The topological polar surface area (TPSA) is 33.2 Å². The van der Waals surface area contributed by atoms with Gasteiger partial charge in [-0.2, -0.15) is 0 Å². The summed E-state index contributed by atoms with van der Waals surface area (Å²) in [6, 6.07) is 8.21. The number of anilines is 1. The Kier molecular flexibility index (Phi) is 3.29. The minimum atomic E-state index is -0.0979. The molecule has 5 heteroatoms. The molecule has 2 aromatic rings. The van der Waals surface area contributed by atoms with Gasteiger partial charge in [-0.25, -0.2) is 4.98 Å². The summed E-state index contributed by atoms with van der Waals surface area (Å²) in [4.78, 5) is 18.0. The first kappa shape index (κ1) is 12.6. The number of alkyl halides is 1. The maximum atomic E-state index is 11.8. The second-order valence-electron chi connectivity index (χ2n) is 4.69. The molecule has 3 nitrogen and oxygen atoms in total. The van der Waals surface area contributed by atoms with E-state index in [0.717, 1.165) is 16.4 Å². The molecule has 1 fully saturated rings. The van der Waals surface area contributed by atoms with Crippen molar-refractivity contribution in [1.82, 2.24) is 4.98 Å². The zero-order valence-electron chi connectivity index (χ0n) is 10.5. The minimum Gasteiger partial charge on any atom is -0.287 e. The van der Waals surface area contributed by atoms with E-state index in [1.54, 1.807) is 4.90 Å². The molecule has 1 aliphatic rings. The van der Waals surface area contributed by atoms with Crippen molar-refractivity contribution >= 4 is 34.0 Å². The van der Waals surface area contributed by atoms with Crippen molar-refractivity contribution in [1.29, 1.82) is 0 Å². The molecule has 3 rings (SSSR count). The molecule has 1 saturated heterocycles. The molecule has 1 atom stereocenters. The maximum absolute atomic E-state index is 11.8. The number of aryl methyl sites for hydroxylation is 1. The van der Waals surface area contributed by atoms with Crippen LogP contribution in [0.3, 0.4) is 0 Å². The minimum absolute atomic E-state index is 0.0600. The van der Waals surface area contributed by atoms with E-state index >= 15 is 0 Å². The molecule has 1 aromatic carbocycles. The molecule has 1 aromatic heterocycles. The van der Waals surface area contributed by atoms with E-state index in [1.165, 1.54) is 16.9 Å². The summed E-state index contributed by atoms with van der Waals surface area (Å²) in [5, 5.41) is 2.62. The first-order valence-corrected chi connectivity index (χ1v) is 7.42. The van der Waals surface area contributed by atoms with Gasteiger partial charge in [0.2, 0.25) is 5.91 Å². The van der Waals surface area contributed by atoms with Crippen molar-refractivity contribution in [3.05, 3.63) is 35.2 Å². The number of aromatic nitrogens is 1. The first-order valence-electron chi connectivity index (χ1n) is 6.10. The number of hydrogen-bond donors (Lipinski definition) is 0. The number of carbonyl (C=O) groups is 1. The Morgan fingerprint density at radius 3 is 2.74 bits per heavy atom. The summed E-state index contributed by atoms with van der Waals surface area (Å²) < 4.78 is 0.